The van der Waals surface area contributed by atoms with Crippen LogP contribution in [0, 0.1) is 6.92 Å². The van der Waals surface area contributed by atoms with E-state index in [0.717, 1.165) is 29.5 Å². The van der Waals surface area contributed by atoms with Crippen LogP contribution >= 0.6 is 0 Å². The first-order valence-electron chi connectivity index (χ1n) is 13.6. The molecule has 1 atom stereocenters. The number of carbonyl (C=O) groups excluding carboxylic acids is 2. The van der Waals surface area contributed by atoms with Gasteiger partial charge in [-0.3, -0.25) is 9.59 Å². The summed E-state index contributed by atoms with van der Waals surface area (Å²) in [5, 5.41) is 3.06. The number of hydrogen-bond acceptors (Lipinski definition) is 3. The molecule has 0 unspecified atom stereocenters. The standard InChI is InChI=1S/C33H42N2O3/c1-6-7-21-34-32(37)30(22-26-14-9-8-10-15-26)35(23-27-16-12-11-13-25(27)2)31(36)24-38-29-19-17-28(18-20-29)33(3,4)5/h8-20,30H,6-7,21-24H2,1-5H3,(H,34,37)/t30-/m1/s1. The van der Waals surface area contributed by atoms with Crippen LogP contribution in [0.25, 0.3) is 0 Å². The molecule has 0 aliphatic rings. The van der Waals surface area contributed by atoms with Gasteiger partial charge in [0.2, 0.25) is 5.91 Å². The lowest BCUT2D eigenvalue weighted by molar-refractivity contribution is -0.142. The fraction of sp³-hybridized carbons (Fsp3) is 0.394. The van der Waals surface area contributed by atoms with Crippen LogP contribution in [0.2, 0.25) is 0 Å². The van der Waals surface area contributed by atoms with E-state index in [0.29, 0.717) is 25.3 Å². The molecule has 5 heteroatoms. The highest BCUT2D eigenvalue weighted by Crippen LogP contribution is 2.24. The number of carbonyl (C=O) groups is 2. The quantitative estimate of drug-likeness (QED) is 0.292. The first-order chi connectivity index (χ1) is 18.2. The van der Waals surface area contributed by atoms with Crippen molar-refractivity contribution < 1.29 is 14.3 Å². The van der Waals surface area contributed by atoms with Crippen LogP contribution in [-0.2, 0) is 28.0 Å². The Morgan fingerprint density at radius 3 is 2.21 bits per heavy atom. The third-order valence-corrected chi connectivity index (χ3v) is 6.79. The molecule has 5 nitrogen and oxygen atoms in total. The van der Waals surface area contributed by atoms with E-state index in [9.17, 15) is 9.59 Å². The lowest BCUT2D eigenvalue weighted by atomic mass is 9.87. The number of aryl methyl sites for hydroxylation is 1. The number of benzene rings is 3. The first-order valence-corrected chi connectivity index (χ1v) is 13.6. The number of ether oxygens (including phenoxy) is 1. The maximum atomic E-state index is 13.7. The number of unbranched alkanes of at least 4 members (excludes halogenated alkanes) is 1. The summed E-state index contributed by atoms with van der Waals surface area (Å²) in [6.07, 6.45) is 2.30. The van der Waals surface area contributed by atoms with Gasteiger partial charge in [0.1, 0.15) is 11.8 Å². The maximum Gasteiger partial charge on any atom is 0.261 e. The molecule has 0 saturated heterocycles. The first kappa shape index (κ1) is 29.0. The Labute approximate surface area is 228 Å². The summed E-state index contributed by atoms with van der Waals surface area (Å²) in [4.78, 5) is 28.9. The van der Waals surface area contributed by atoms with Gasteiger partial charge < -0.3 is 15.0 Å². The molecule has 0 bridgehead atoms. The Morgan fingerprint density at radius 1 is 0.921 bits per heavy atom. The average molecular weight is 515 g/mol. The van der Waals surface area contributed by atoms with Gasteiger partial charge in [-0.05, 0) is 53.1 Å². The molecule has 3 aromatic rings. The highest BCUT2D eigenvalue weighted by atomic mass is 16.5. The minimum absolute atomic E-state index is 0.0362. The fourth-order valence-electron chi connectivity index (χ4n) is 4.31. The second-order valence-corrected chi connectivity index (χ2v) is 10.9. The van der Waals surface area contributed by atoms with Gasteiger partial charge in [0.05, 0.1) is 0 Å². The number of hydrogen-bond donors (Lipinski definition) is 1. The third kappa shape index (κ3) is 8.47. The summed E-state index contributed by atoms with van der Waals surface area (Å²) in [5.41, 5.74) is 4.33. The summed E-state index contributed by atoms with van der Waals surface area (Å²) >= 11 is 0. The Hall–Kier alpha value is -3.60. The minimum Gasteiger partial charge on any atom is -0.484 e. The largest absolute Gasteiger partial charge is 0.484 e. The molecule has 0 radical (unpaired) electrons. The monoisotopic (exact) mass is 514 g/mol. The highest BCUT2D eigenvalue weighted by Gasteiger charge is 2.31. The molecule has 0 saturated carbocycles. The van der Waals surface area contributed by atoms with E-state index in [-0.39, 0.29) is 23.8 Å². The van der Waals surface area contributed by atoms with E-state index in [1.165, 1.54) is 5.56 Å². The maximum absolute atomic E-state index is 13.7. The van der Waals surface area contributed by atoms with Crippen molar-refractivity contribution in [3.05, 3.63) is 101 Å². The molecule has 0 spiro atoms. The normalized spacial score (nSPS) is 12.0. The van der Waals surface area contributed by atoms with E-state index in [1.807, 2.05) is 85.8 Å². The van der Waals surface area contributed by atoms with Gasteiger partial charge in [-0.25, -0.2) is 0 Å². The lowest BCUT2D eigenvalue weighted by Gasteiger charge is -2.32. The van der Waals surface area contributed by atoms with Crippen LogP contribution in [0.1, 0.15) is 62.8 Å². The predicted molar refractivity (Wildman–Crippen MR) is 154 cm³/mol. The van der Waals surface area contributed by atoms with Crippen molar-refractivity contribution in [3.63, 3.8) is 0 Å². The Bertz CT molecular complexity index is 1170. The van der Waals surface area contributed by atoms with Gasteiger partial charge in [-0.15, -0.1) is 0 Å². The Balaban J connectivity index is 1.87. The fourth-order valence-corrected chi connectivity index (χ4v) is 4.31. The zero-order chi connectivity index (χ0) is 27.5. The predicted octanol–water partition coefficient (Wildman–Crippen LogP) is 6.23. The van der Waals surface area contributed by atoms with Crippen molar-refractivity contribution in [2.24, 2.45) is 0 Å². The smallest absolute Gasteiger partial charge is 0.261 e. The number of nitrogens with zero attached hydrogens (tertiary/aromatic N) is 1. The van der Waals surface area contributed by atoms with E-state index >= 15 is 0 Å². The van der Waals surface area contributed by atoms with Crippen LogP contribution in [0.4, 0.5) is 0 Å². The van der Waals surface area contributed by atoms with Crippen LogP contribution < -0.4 is 10.1 Å². The topological polar surface area (TPSA) is 58.6 Å². The molecule has 0 aliphatic carbocycles. The molecule has 0 fully saturated rings. The summed E-state index contributed by atoms with van der Waals surface area (Å²) in [6.45, 7) is 11.4. The van der Waals surface area contributed by atoms with E-state index < -0.39 is 6.04 Å². The molecule has 202 valence electrons. The number of amides is 2. The van der Waals surface area contributed by atoms with E-state index in [4.69, 9.17) is 4.74 Å². The molecule has 1 N–H and O–H groups in total. The summed E-state index contributed by atoms with van der Waals surface area (Å²) in [6, 6.07) is 25.0. The molecule has 38 heavy (non-hydrogen) atoms. The van der Waals surface area contributed by atoms with Gasteiger partial charge in [-0.2, -0.15) is 0 Å². The molecule has 0 aliphatic heterocycles. The van der Waals surface area contributed by atoms with Crippen molar-refractivity contribution >= 4 is 11.8 Å². The van der Waals surface area contributed by atoms with E-state index in [1.54, 1.807) is 4.90 Å². The Kier molecular flexibility index (Phi) is 10.5. The second-order valence-electron chi connectivity index (χ2n) is 10.9. The van der Waals surface area contributed by atoms with Crippen molar-refractivity contribution in [3.8, 4) is 5.75 Å². The SMILES string of the molecule is CCCCNC(=O)[C@@H](Cc1ccccc1)N(Cc1ccccc1C)C(=O)COc1ccc(C(C)(C)C)cc1. The summed E-state index contributed by atoms with van der Waals surface area (Å²) in [7, 11) is 0. The zero-order valence-electron chi connectivity index (χ0n) is 23.5. The molecule has 3 rings (SSSR count). The molecular weight excluding hydrogens is 472 g/mol. The third-order valence-electron chi connectivity index (χ3n) is 6.79. The summed E-state index contributed by atoms with van der Waals surface area (Å²) in [5.74, 6) is 0.271. The van der Waals surface area contributed by atoms with Gasteiger partial charge in [0.25, 0.3) is 5.91 Å². The van der Waals surface area contributed by atoms with Crippen LogP contribution in [0.3, 0.4) is 0 Å². The van der Waals surface area contributed by atoms with Gasteiger partial charge in [-0.1, -0.05) is 101 Å². The van der Waals surface area contributed by atoms with Crippen LogP contribution in [0.15, 0.2) is 78.9 Å². The van der Waals surface area contributed by atoms with Gasteiger partial charge >= 0.3 is 0 Å². The molecule has 0 aromatic heterocycles. The second kappa shape index (κ2) is 13.8. The van der Waals surface area contributed by atoms with Crippen molar-refractivity contribution in [1.82, 2.24) is 10.2 Å². The lowest BCUT2D eigenvalue weighted by Crippen LogP contribution is -2.52. The molecule has 0 heterocycles. The molecule has 3 aromatic carbocycles. The minimum atomic E-state index is -0.659. The molecule has 2 amide bonds. The number of nitrogens with one attached hydrogen (secondary N) is 1. The van der Waals surface area contributed by atoms with Gasteiger partial charge in [0.15, 0.2) is 6.61 Å². The van der Waals surface area contributed by atoms with Crippen molar-refractivity contribution in [1.29, 1.82) is 0 Å². The van der Waals surface area contributed by atoms with Crippen LogP contribution in [-0.4, -0.2) is 35.9 Å². The van der Waals surface area contributed by atoms with Crippen molar-refractivity contribution in [2.75, 3.05) is 13.2 Å². The Morgan fingerprint density at radius 2 is 1.58 bits per heavy atom. The van der Waals surface area contributed by atoms with E-state index in [2.05, 4.69) is 33.0 Å². The number of rotatable bonds is 12. The highest BCUT2D eigenvalue weighted by molar-refractivity contribution is 5.88. The molecular formula is C33H42N2O3. The average Bonchev–Trinajstić information content (AvgIpc) is 2.90. The van der Waals surface area contributed by atoms with Crippen molar-refractivity contribution in [2.45, 2.75) is 71.9 Å². The van der Waals surface area contributed by atoms with Crippen LogP contribution in [0.5, 0.6) is 5.75 Å². The van der Waals surface area contributed by atoms with Gasteiger partial charge in [0, 0.05) is 19.5 Å². The summed E-state index contributed by atoms with van der Waals surface area (Å²) < 4.78 is 5.94. The zero-order valence-corrected chi connectivity index (χ0v) is 23.5.